The minimum Gasteiger partial charge on any atom is -0.489 e. The Bertz CT molecular complexity index is 1160. The Kier molecular flexibility index (Phi) is 5.48. The number of allylic oxidation sites excluding steroid dienone is 2. The van der Waals surface area contributed by atoms with Crippen LogP contribution in [0.1, 0.15) is 35.6 Å². The van der Waals surface area contributed by atoms with Crippen molar-refractivity contribution in [3.8, 4) is 5.75 Å². The average molecular weight is 400 g/mol. The molecule has 1 aliphatic carbocycles. The van der Waals surface area contributed by atoms with Gasteiger partial charge in [0.2, 0.25) is 0 Å². The molecule has 0 saturated carbocycles. The first-order chi connectivity index (χ1) is 14.5. The second-order valence-electron chi connectivity index (χ2n) is 7.24. The third kappa shape index (κ3) is 4.03. The van der Waals surface area contributed by atoms with Crippen LogP contribution in [0.5, 0.6) is 5.75 Å². The molecule has 30 heavy (non-hydrogen) atoms. The van der Waals surface area contributed by atoms with E-state index in [1.807, 2.05) is 67.6 Å². The number of halogens is 1. The molecule has 1 N–H and O–H groups in total. The van der Waals surface area contributed by atoms with Crippen molar-refractivity contribution < 1.29 is 19.0 Å². The third-order valence-corrected chi connectivity index (χ3v) is 5.20. The SMILES string of the molecule is CC1=C(CC(=O)O)c2cccc(F)c2/C1=C/c1cccc(COc2ccccc2)c1. The van der Waals surface area contributed by atoms with E-state index in [1.54, 1.807) is 12.1 Å². The summed E-state index contributed by atoms with van der Waals surface area (Å²) in [6.45, 7) is 2.27. The number of carbonyl (C=O) groups is 1. The van der Waals surface area contributed by atoms with Crippen LogP contribution in [0.4, 0.5) is 4.39 Å². The molecule has 0 fully saturated rings. The summed E-state index contributed by atoms with van der Waals surface area (Å²) in [7, 11) is 0. The van der Waals surface area contributed by atoms with Crippen molar-refractivity contribution in [3.05, 3.63) is 106 Å². The van der Waals surface area contributed by atoms with Crippen molar-refractivity contribution in [1.82, 2.24) is 0 Å². The van der Waals surface area contributed by atoms with Gasteiger partial charge in [-0.25, -0.2) is 4.39 Å². The molecule has 3 nitrogen and oxygen atoms in total. The van der Waals surface area contributed by atoms with Gasteiger partial charge < -0.3 is 9.84 Å². The third-order valence-electron chi connectivity index (χ3n) is 5.20. The number of para-hydroxylation sites is 1. The first-order valence-corrected chi connectivity index (χ1v) is 9.72. The lowest BCUT2D eigenvalue weighted by molar-refractivity contribution is -0.135. The second-order valence-corrected chi connectivity index (χ2v) is 7.24. The van der Waals surface area contributed by atoms with E-state index in [0.29, 0.717) is 23.3 Å². The molecule has 0 aliphatic heterocycles. The molecule has 0 spiro atoms. The van der Waals surface area contributed by atoms with Crippen LogP contribution in [0.15, 0.2) is 78.4 Å². The van der Waals surface area contributed by atoms with E-state index in [1.165, 1.54) is 6.07 Å². The van der Waals surface area contributed by atoms with Gasteiger partial charge in [0.05, 0.1) is 6.42 Å². The van der Waals surface area contributed by atoms with Gasteiger partial charge in [-0.3, -0.25) is 4.79 Å². The number of benzene rings is 3. The predicted octanol–water partition coefficient (Wildman–Crippen LogP) is 6.21. The number of rotatable bonds is 6. The Labute approximate surface area is 174 Å². The van der Waals surface area contributed by atoms with Crippen molar-refractivity contribution in [1.29, 1.82) is 0 Å². The molecule has 0 heterocycles. The maximum atomic E-state index is 14.7. The summed E-state index contributed by atoms with van der Waals surface area (Å²) in [5, 5.41) is 9.29. The van der Waals surface area contributed by atoms with E-state index in [0.717, 1.165) is 28.0 Å². The summed E-state index contributed by atoms with van der Waals surface area (Å²) in [5.74, 6) is -0.479. The topological polar surface area (TPSA) is 46.5 Å². The highest BCUT2D eigenvalue weighted by molar-refractivity contribution is 6.07. The van der Waals surface area contributed by atoms with Gasteiger partial charge in [0.15, 0.2) is 0 Å². The van der Waals surface area contributed by atoms with E-state index in [-0.39, 0.29) is 12.2 Å². The molecule has 1 aliphatic rings. The zero-order chi connectivity index (χ0) is 21.1. The highest BCUT2D eigenvalue weighted by Gasteiger charge is 2.27. The molecule has 0 radical (unpaired) electrons. The molecule has 4 heteroatoms. The minimum absolute atomic E-state index is 0.134. The van der Waals surface area contributed by atoms with Gasteiger partial charge in [-0.15, -0.1) is 0 Å². The predicted molar refractivity (Wildman–Crippen MR) is 116 cm³/mol. The number of ether oxygens (including phenoxy) is 1. The van der Waals surface area contributed by atoms with Crippen LogP contribution < -0.4 is 4.74 Å². The van der Waals surface area contributed by atoms with E-state index in [9.17, 15) is 14.3 Å². The van der Waals surface area contributed by atoms with Gasteiger partial charge in [-0.1, -0.05) is 48.5 Å². The normalized spacial score (nSPS) is 14.1. The molecule has 0 aromatic heterocycles. The molecule has 0 amide bonds. The van der Waals surface area contributed by atoms with Crippen LogP contribution >= 0.6 is 0 Å². The van der Waals surface area contributed by atoms with Crippen LogP contribution in [-0.4, -0.2) is 11.1 Å². The Morgan fingerprint density at radius 2 is 1.80 bits per heavy atom. The smallest absolute Gasteiger partial charge is 0.307 e. The summed E-state index contributed by atoms with van der Waals surface area (Å²) in [6, 6.07) is 22.3. The molecule has 4 rings (SSSR count). The molecule has 0 atom stereocenters. The van der Waals surface area contributed by atoms with Gasteiger partial charge in [-0.2, -0.15) is 0 Å². The number of aliphatic carboxylic acids is 1. The number of carboxylic acid groups (broad SMARTS) is 1. The van der Waals surface area contributed by atoms with E-state index in [4.69, 9.17) is 4.74 Å². The van der Waals surface area contributed by atoms with Crippen LogP contribution in [-0.2, 0) is 11.4 Å². The summed E-state index contributed by atoms with van der Waals surface area (Å²) in [4.78, 5) is 11.3. The fraction of sp³-hybridized carbons (Fsp3) is 0.115. The second kappa shape index (κ2) is 8.37. The van der Waals surface area contributed by atoms with Gasteiger partial charge >= 0.3 is 5.97 Å². The van der Waals surface area contributed by atoms with Crippen LogP contribution in [0.25, 0.3) is 17.2 Å². The number of fused-ring (bicyclic) bond motifs is 1. The molecule has 150 valence electrons. The summed E-state index contributed by atoms with van der Waals surface area (Å²) in [6.07, 6.45) is 1.78. The quantitative estimate of drug-likeness (QED) is 0.535. The van der Waals surface area contributed by atoms with Crippen molar-refractivity contribution in [2.45, 2.75) is 20.0 Å². The zero-order valence-electron chi connectivity index (χ0n) is 16.6. The lowest BCUT2D eigenvalue weighted by Crippen LogP contribution is -1.97. The molecule has 3 aromatic carbocycles. The fourth-order valence-corrected chi connectivity index (χ4v) is 3.78. The number of hydrogen-bond acceptors (Lipinski definition) is 2. The van der Waals surface area contributed by atoms with Gasteiger partial charge in [0, 0.05) is 5.56 Å². The van der Waals surface area contributed by atoms with Crippen LogP contribution in [0.3, 0.4) is 0 Å². The van der Waals surface area contributed by atoms with E-state index < -0.39 is 5.97 Å². The molecule has 0 bridgehead atoms. The van der Waals surface area contributed by atoms with E-state index in [2.05, 4.69) is 0 Å². The average Bonchev–Trinajstić information content (AvgIpc) is 3.00. The van der Waals surface area contributed by atoms with Gasteiger partial charge in [-0.05, 0) is 70.7 Å². The lowest BCUT2D eigenvalue weighted by Gasteiger charge is -2.08. The van der Waals surface area contributed by atoms with Gasteiger partial charge in [0.25, 0.3) is 0 Å². The summed E-state index contributed by atoms with van der Waals surface area (Å²) in [5.41, 5.74) is 5.20. The monoisotopic (exact) mass is 400 g/mol. The molecule has 3 aromatic rings. The highest BCUT2D eigenvalue weighted by Crippen LogP contribution is 2.44. The Balaban J connectivity index is 1.67. The first kappa shape index (κ1) is 19.6. The zero-order valence-corrected chi connectivity index (χ0v) is 16.6. The lowest BCUT2D eigenvalue weighted by atomic mass is 9.99. The number of hydrogen-bond donors (Lipinski definition) is 1. The fourth-order valence-electron chi connectivity index (χ4n) is 3.78. The summed E-state index contributed by atoms with van der Waals surface area (Å²) < 4.78 is 20.5. The molecule has 0 saturated heterocycles. The van der Waals surface area contributed by atoms with E-state index >= 15 is 0 Å². The minimum atomic E-state index is -0.930. The molecule has 0 unspecified atom stereocenters. The maximum absolute atomic E-state index is 14.7. The Hall–Kier alpha value is -3.66. The maximum Gasteiger partial charge on any atom is 0.307 e. The molecular formula is C26H21FO3. The van der Waals surface area contributed by atoms with Crippen LogP contribution in [0, 0.1) is 5.82 Å². The van der Waals surface area contributed by atoms with Crippen molar-refractivity contribution in [2.75, 3.05) is 0 Å². The summed E-state index contributed by atoms with van der Waals surface area (Å²) >= 11 is 0. The van der Waals surface area contributed by atoms with Gasteiger partial charge in [0.1, 0.15) is 18.2 Å². The Morgan fingerprint density at radius 3 is 2.57 bits per heavy atom. The van der Waals surface area contributed by atoms with Crippen LogP contribution in [0.2, 0.25) is 0 Å². The van der Waals surface area contributed by atoms with Crippen molar-refractivity contribution in [3.63, 3.8) is 0 Å². The first-order valence-electron chi connectivity index (χ1n) is 9.72. The Morgan fingerprint density at radius 1 is 1.03 bits per heavy atom. The molecular weight excluding hydrogens is 379 g/mol. The largest absolute Gasteiger partial charge is 0.489 e. The van der Waals surface area contributed by atoms with Crippen molar-refractivity contribution in [2.24, 2.45) is 0 Å². The number of carboxylic acids is 1. The van der Waals surface area contributed by atoms with Crippen molar-refractivity contribution >= 4 is 23.2 Å². The standard InChI is InChI=1S/C26H21FO3/c1-17-22(15-25(28)29)21-11-6-12-24(27)26(21)23(17)14-18-7-5-8-19(13-18)16-30-20-9-3-2-4-10-20/h2-14H,15-16H2,1H3,(H,28,29)/b23-14+. The highest BCUT2D eigenvalue weighted by atomic mass is 19.1.